The van der Waals surface area contributed by atoms with E-state index in [-0.39, 0.29) is 17.2 Å². The molecule has 7 heteroatoms. The summed E-state index contributed by atoms with van der Waals surface area (Å²) in [4.78, 5) is 16.0. The second kappa shape index (κ2) is 5.68. The predicted octanol–water partition coefficient (Wildman–Crippen LogP) is 0.272. The molecule has 2 N–H and O–H groups in total. The van der Waals surface area contributed by atoms with Crippen molar-refractivity contribution < 1.29 is 17.6 Å². The van der Waals surface area contributed by atoms with Gasteiger partial charge in [0.2, 0.25) is 10.0 Å². The Balaban J connectivity index is 1.96. The minimum absolute atomic E-state index is 0.0124. The molecule has 2 aromatic rings. The molecule has 0 saturated carbocycles. The van der Waals surface area contributed by atoms with Gasteiger partial charge in [-0.25, -0.2) is 22.9 Å². The fourth-order valence-electron chi connectivity index (χ4n) is 2.50. The summed E-state index contributed by atoms with van der Waals surface area (Å²) in [5.74, 6) is -1.32. The van der Waals surface area contributed by atoms with Crippen LogP contribution in [0.25, 0.3) is 6.08 Å². The second-order valence-corrected chi connectivity index (χ2v) is 6.88. The predicted molar refractivity (Wildman–Crippen MR) is 81.7 cm³/mol. The summed E-state index contributed by atoms with van der Waals surface area (Å²) in [7, 11) is -3.80. The summed E-state index contributed by atoms with van der Waals surface area (Å²) < 4.78 is 36.1. The normalized spacial score (nSPS) is 17.1. The van der Waals surface area contributed by atoms with Crippen molar-refractivity contribution >= 4 is 22.0 Å². The Morgan fingerprint density at radius 1 is 1.17 bits per heavy atom. The molecule has 23 heavy (non-hydrogen) atoms. The van der Waals surface area contributed by atoms with Gasteiger partial charge in [0, 0.05) is 0 Å². The van der Waals surface area contributed by atoms with Gasteiger partial charge < -0.3 is 0 Å². The first-order valence-corrected chi connectivity index (χ1v) is 8.39. The van der Waals surface area contributed by atoms with E-state index in [0.717, 1.165) is 0 Å². The van der Waals surface area contributed by atoms with Crippen molar-refractivity contribution in [2.45, 2.75) is 11.3 Å². The highest BCUT2D eigenvalue weighted by molar-refractivity contribution is 7.89. The first-order chi connectivity index (χ1) is 10.8. The molecule has 0 bridgehead atoms. The molecule has 0 fully saturated rings. The Hall–Kier alpha value is -2.38. The van der Waals surface area contributed by atoms with Crippen LogP contribution in [0.4, 0.5) is 4.39 Å². The van der Waals surface area contributed by atoms with E-state index in [9.17, 15) is 17.6 Å². The van der Waals surface area contributed by atoms with E-state index < -0.39 is 21.8 Å². The molecule has 0 radical (unpaired) electrons. The topological polar surface area (TPSA) is 89.6 Å². The fraction of sp³-hybridized carbons (Fsp3) is 0.125. The lowest BCUT2D eigenvalue weighted by Gasteiger charge is -2.13. The lowest BCUT2D eigenvalue weighted by Crippen LogP contribution is -2.34. The van der Waals surface area contributed by atoms with Crippen molar-refractivity contribution in [2.24, 2.45) is 16.0 Å². The number of carbonyl (C=O) groups is 1. The van der Waals surface area contributed by atoms with E-state index in [2.05, 4.69) is 4.99 Å². The van der Waals surface area contributed by atoms with Gasteiger partial charge in [0.25, 0.3) is 5.91 Å². The summed E-state index contributed by atoms with van der Waals surface area (Å²) in [6.07, 6.45) is 1.92. The number of carbonyl (C=O) groups excluding carboxylic acids is 1. The lowest BCUT2D eigenvalue weighted by atomic mass is 9.95. The minimum Gasteiger partial charge on any atom is -0.272 e. The van der Waals surface area contributed by atoms with Crippen molar-refractivity contribution in [2.75, 3.05) is 0 Å². The molecule has 0 aliphatic carbocycles. The lowest BCUT2D eigenvalue weighted by molar-refractivity contribution is -0.120. The summed E-state index contributed by atoms with van der Waals surface area (Å²) in [5, 5.41) is 6.09. The fourth-order valence-corrected chi connectivity index (χ4v) is 3.08. The number of nitrogens with zero attached hydrogens (tertiary/aromatic N) is 1. The smallest absolute Gasteiger partial charge is 0.253 e. The third-order valence-electron chi connectivity index (χ3n) is 3.60. The number of halogens is 1. The Kier molecular flexibility index (Phi) is 3.83. The van der Waals surface area contributed by atoms with Gasteiger partial charge >= 0.3 is 0 Å². The molecule has 0 spiro atoms. The van der Waals surface area contributed by atoms with Crippen LogP contribution in [-0.2, 0) is 21.2 Å². The Morgan fingerprint density at radius 3 is 2.70 bits per heavy atom. The largest absolute Gasteiger partial charge is 0.272 e. The molecule has 2 aromatic carbocycles. The van der Waals surface area contributed by atoms with Crippen molar-refractivity contribution in [1.82, 2.24) is 0 Å². The molecule has 118 valence electrons. The Bertz CT molecular complexity index is 1020. The highest BCUT2D eigenvalue weighted by atomic mass is 32.2. The van der Waals surface area contributed by atoms with Gasteiger partial charge in [0.05, 0.1) is 16.2 Å². The van der Waals surface area contributed by atoms with Crippen molar-refractivity contribution in [3.05, 3.63) is 64.4 Å². The third-order valence-corrected chi connectivity index (χ3v) is 4.51. The molecule has 1 aliphatic heterocycles. The van der Waals surface area contributed by atoms with E-state index in [1.54, 1.807) is 18.2 Å². The van der Waals surface area contributed by atoms with Crippen LogP contribution < -0.4 is 15.7 Å². The number of benzene rings is 2. The molecule has 5 nitrogen and oxygen atoms in total. The van der Waals surface area contributed by atoms with Crippen LogP contribution in [0, 0.1) is 11.7 Å². The molecule has 1 aliphatic rings. The summed E-state index contributed by atoms with van der Waals surface area (Å²) in [6, 6.07) is 10.1. The first-order valence-electron chi connectivity index (χ1n) is 6.85. The summed E-state index contributed by atoms with van der Waals surface area (Å²) >= 11 is 0. The molecule has 0 saturated heterocycles. The molecule has 0 aromatic heterocycles. The first kappa shape index (κ1) is 15.5. The molecule has 3 rings (SSSR count). The van der Waals surface area contributed by atoms with Crippen LogP contribution in [0.15, 0.2) is 52.4 Å². The molecule has 1 heterocycles. The maximum atomic E-state index is 13.3. The van der Waals surface area contributed by atoms with Crippen LogP contribution in [0.3, 0.4) is 0 Å². The standard InChI is InChI=1S/C16H13FN2O3S/c17-13-4-5-15-11(9-13)8-12(16(20)19-15)6-10-2-1-3-14(7-10)23(18,21)22/h1-5,7-9,12H,6H2,(H2,18,21,22). The molecule has 1 amide bonds. The van der Waals surface area contributed by atoms with Gasteiger partial charge in [-0.3, -0.25) is 4.79 Å². The quantitative estimate of drug-likeness (QED) is 0.875. The van der Waals surface area contributed by atoms with Crippen LogP contribution in [0.2, 0.25) is 0 Å². The van der Waals surface area contributed by atoms with Crippen LogP contribution in [0.1, 0.15) is 5.56 Å². The number of sulfonamides is 1. The number of amides is 1. The molecule has 1 atom stereocenters. The van der Waals surface area contributed by atoms with Crippen LogP contribution in [-0.4, -0.2) is 14.3 Å². The van der Waals surface area contributed by atoms with Gasteiger partial charge in [0.1, 0.15) is 5.82 Å². The Labute approximate surface area is 132 Å². The van der Waals surface area contributed by atoms with E-state index in [4.69, 9.17) is 5.14 Å². The molecule has 1 unspecified atom stereocenters. The van der Waals surface area contributed by atoms with Gasteiger partial charge in [-0.05, 0) is 47.5 Å². The summed E-state index contributed by atoms with van der Waals surface area (Å²) in [5.41, 5.74) is 0.640. The summed E-state index contributed by atoms with van der Waals surface area (Å²) in [6.45, 7) is 0. The number of nitrogens with two attached hydrogens (primary N) is 1. The van der Waals surface area contributed by atoms with E-state index >= 15 is 0 Å². The zero-order chi connectivity index (χ0) is 16.6. The number of hydrogen-bond donors (Lipinski definition) is 1. The number of hydrogen-bond acceptors (Lipinski definition) is 3. The maximum absolute atomic E-state index is 13.3. The molecular weight excluding hydrogens is 319 g/mol. The van der Waals surface area contributed by atoms with E-state index in [1.165, 1.54) is 30.3 Å². The van der Waals surface area contributed by atoms with Crippen LogP contribution >= 0.6 is 0 Å². The highest BCUT2D eigenvalue weighted by Gasteiger charge is 2.19. The van der Waals surface area contributed by atoms with Gasteiger partial charge in [-0.2, -0.15) is 0 Å². The van der Waals surface area contributed by atoms with Crippen molar-refractivity contribution in [1.29, 1.82) is 0 Å². The second-order valence-electron chi connectivity index (χ2n) is 5.32. The van der Waals surface area contributed by atoms with Crippen molar-refractivity contribution in [3.8, 4) is 0 Å². The van der Waals surface area contributed by atoms with Gasteiger partial charge in [-0.1, -0.05) is 18.2 Å². The number of primary sulfonamides is 1. The van der Waals surface area contributed by atoms with Crippen LogP contribution in [0.5, 0.6) is 0 Å². The SMILES string of the molecule is NS(=O)(=O)c1cccc(CC2C=c3cc(F)ccc3=NC2=O)c1. The van der Waals surface area contributed by atoms with Gasteiger partial charge in [-0.15, -0.1) is 0 Å². The average Bonchev–Trinajstić information content (AvgIpc) is 2.48. The van der Waals surface area contributed by atoms with E-state index in [1.807, 2.05) is 0 Å². The number of fused-ring (bicyclic) bond motifs is 1. The maximum Gasteiger partial charge on any atom is 0.253 e. The van der Waals surface area contributed by atoms with E-state index in [0.29, 0.717) is 16.1 Å². The highest BCUT2D eigenvalue weighted by Crippen LogP contribution is 2.16. The zero-order valence-corrected chi connectivity index (χ0v) is 12.8. The minimum atomic E-state index is -3.80. The third kappa shape index (κ3) is 3.35. The van der Waals surface area contributed by atoms with Crippen molar-refractivity contribution in [3.63, 3.8) is 0 Å². The average molecular weight is 332 g/mol. The Morgan fingerprint density at radius 2 is 1.96 bits per heavy atom. The zero-order valence-electron chi connectivity index (χ0n) is 11.9. The molecular formula is C16H13FN2O3S. The van der Waals surface area contributed by atoms with Gasteiger partial charge in [0.15, 0.2) is 0 Å². The monoisotopic (exact) mass is 332 g/mol. The number of rotatable bonds is 3.